The van der Waals surface area contributed by atoms with Gasteiger partial charge in [-0.1, -0.05) is 36.4 Å². The van der Waals surface area contributed by atoms with Gasteiger partial charge in [0.25, 0.3) is 5.91 Å². The zero-order valence-corrected chi connectivity index (χ0v) is 13.6. The Hall–Kier alpha value is -2.69. The first-order valence-corrected chi connectivity index (χ1v) is 7.63. The van der Waals surface area contributed by atoms with Crippen LogP contribution in [-0.2, 0) is 6.54 Å². The number of rotatable bonds is 7. The van der Waals surface area contributed by atoms with Gasteiger partial charge in [0.2, 0.25) is 0 Å². The number of hydrogen-bond donors (Lipinski definition) is 1. The summed E-state index contributed by atoms with van der Waals surface area (Å²) < 4.78 is 0. The largest absolute Gasteiger partial charge is 0.366 e. The minimum Gasteiger partial charge on any atom is -0.366 e. The minimum atomic E-state index is -0.104. The molecule has 120 valence electrons. The Morgan fingerprint density at radius 2 is 2.04 bits per heavy atom. The average molecular weight is 310 g/mol. The summed E-state index contributed by atoms with van der Waals surface area (Å²) >= 11 is 0. The lowest BCUT2D eigenvalue weighted by atomic mass is 10.1. The monoisotopic (exact) mass is 310 g/mol. The van der Waals surface area contributed by atoms with E-state index in [-0.39, 0.29) is 11.9 Å². The lowest BCUT2D eigenvalue weighted by Gasteiger charge is -2.26. The molecule has 0 atom stereocenters. The maximum Gasteiger partial charge on any atom is 0.273 e. The highest BCUT2D eigenvalue weighted by Gasteiger charge is 2.20. The van der Waals surface area contributed by atoms with Crippen LogP contribution in [0.2, 0.25) is 0 Å². The van der Waals surface area contributed by atoms with Crippen LogP contribution in [0.4, 0.5) is 5.82 Å². The molecule has 0 saturated heterocycles. The molecule has 1 aromatic heterocycles. The van der Waals surface area contributed by atoms with Crippen LogP contribution in [-0.4, -0.2) is 33.4 Å². The van der Waals surface area contributed by atoms with Crippen molar-refractivity contribution < 1.29 is 4.79 Å². The van der Waals surface area contributed by atoms with Crippen LogP contribution in [0.1, 0.15) is 29.9 Å². The molecule has 1 heterocycles. The standard InChI is InChI=1S/C18H22N4O/c1-4-10-19-17-11-16(20-13-21-17)18(23)22(14(2)3)12-15-8-6-5-7-9-15/h4-9,11,13-14H,1,10,12H2,2-3H3,(H,19,20,21). The molecule has 0 spiro atoms. The highest BCUT2D eigenvalue weighted by atomic mass is 16.2. The van der Waals surface area contributed by atoms with E-state index >= 15 is 0 Å². The van der Waals surface area contributed by atoms with Gasteiger partial charge in [-0.2, -0.15) is 0 Å². The summed E-state index contributed by atoms with van der Waals surface area (Å²) in [5.41, 5.74) is 1.48. The molecule has 1 amide bonds. The molecule has 2 aromatic rings. The summed E-state index contributed by atoms with van der Waals surface area (Å²) in [5.74, 6) is 0.513. The van der Waals surface area contributed by atoms with Gasteiger partial charge in [-0.25, -0.2) is 9.97 Å². The number of hydrogen-bond acceptors (Lipinski definition) is 4. The third kappa shape index (κ3) is 4.64. The van der Waals surface area contributed by atoms with Gasteiger partial charge < -0.3 is 10.2 Å². The van der Waals surface area contributed by atoms with E-state index in [1.807, 2.05) is 44.2 Å². The van der Waals surface area contributed by atoms with E-state index in [1.165, 1.54) is 6.33 Å². The molecule has 0 aliphatic rings. The van der Waals surface area contributed by atoms with Crippen molar-refractivity contribution in [1.82, 2.24) is 14.9 Å². The van der Waals surface area contributed by atoms with Crippen molar-refractivity contribution >= 4 is 11.7 Å². The zero-order valence-electron chi connectivity index (χ0n) is 13.6. The summed E-state index contributed by atoms with van der Waals surface area (Å²) in [6, 6.07) is 11.7. The number of aromatic nitrogens is 2. The first-order valence-electron chi connectivity index (χ1n) is 7.63. The maximum absolute atomic E-state index is 12.8. The molecule has 0 aliphatic heterocycles. The van der Waals surface area contributed by atoms with Crippen LogP contribution in [0.15, 0.2) is 55.4 Å². The van der Waals surface area contributed by atoms with Crippen LogP contribution in [0.5, 0.6) is 0 Å². The summed E-state index contributed by atoms with van der Waals surface area (Å²) in [5, 5.41) is 3.07. The second-order valence-corrected chi connectivity index (χ2v) is 5.47. The van der Waals surface area contributed by atoms with E-state index in [4.69, 9.17) is 0 Å². The van der Waals surface area contributed by atoms with Gasteiger partial charge in [0.15, 0.2) is 0 Å². The van der Waals surface area contributed by atoms with Crippen molar-refractivity contribution in [1.29, 1.82) is 0 Å². The first kappa shape index (κ1) is 16.7. The van der Waals surface area contributed by atoms with Crippen LogP contribution in [0, 0.1) is 0 Å². The number of anilines is 1. The zero-order chi connectivity index (χ0) is 16.7. The Balaban J connectivity index is 2.19. The van der Waals surface area contributed by atoms with Crippen LogP contribution in [0.25, 0.3) is 0 Å². The molecule has 5 nitrogen and oxygen atoms in total. The topological polar surface area (TPSA) is 58.1 Å². The number of amides is 1. The molecule has 0 saturated carbocycles. The Labute approximate surface area is 137 Å². The fourth-order valence-corrected chi connectivity index (χ4v) is 2.16. The number of carbonyl (C=O) groups is 1. The third-order valence-corrected chi connectivity index (χ3v) is 3.39. The van der Waals surface area contributed by atoms with Gasteiger partial charge in [0.1, 0.15) is 17.8 Å². The summed E-state index contributed by atoms with van der Waals surface area (Å²) in [7, 11) is 0. The Morgan fingerprint density at radius 1 is 1.30 bits per heavy atom. The van der Waals surface area contributed by atoms with Crippen molar-refractivity contribution in [2.75, 3.05) is 11.9 Å². The summed E-state index contributed by atoms with van der Waals surface area (Å²) in [4.78, 5) is 22.8. The fraction of sp³-hybridized carbons (Fsp3) is 0.278. The van der Waals surface area contributed by atoms with Crippen molar-refractivity contribution in [2.24, 2.45) is 0 Å². The molecule has 0 aliphatic carbocycles. The molecule has 2 rings (SSSR count). The Morgan fingerprint density at radius 3 is 2.70 bits per heavy atom. The van der Waals surface area contributed by atoms with E-state index in [0.29, 0.717) is 24.6 Å². The van der Waals surface area contributed by atoms with Gasteiger partial charge in [-0.15, -0.1) is 6.58 Å². The molecule has 5 heteroatoms. The predicted molar refractivity (Wildman–Crippen MR) is 92.2 cm³/mol. The molecule has 1 N–H and O–H groups in total. The highest BCUT2D eigenvalue weighted by Crippen LogP contribution is 2.13. The lowest BCUT2D eigenvalue weighted by Crippen LogP contribution is -2.36. The van der Waals surface area contributed by atoms with E-state index in [2.05, 4.69) is 21.9 Å². The number of carbonyl (C=O) groups excluding carboxylic acids is 1. The quantitative estimate of drug-likeness (QED) is 0.798. The summed E-state index contributed by atoms with van der Waals surface area (Å²) in [6.07, 6.45) is 3.14. The van der Waals surface area contributed by atoms with Crippen molar-refractivity contribution in [3.63, 3.8) is 0 Å². The fourth-order valence-electron chi connectivity index (χ4n) is 2.16. The SMILES string of the molecule is C=CCNc1cc(C(=O)N(Cc2ccccc2)C(C)C)ncn1. The highest BCUT2D eigenvalue weighted by molar-refractivity contribution is 5.93. The molecule has 23 heavy (non-hydrogen) atoms. The van der Waals surface area contributed by atoms with Crippen LogP contribution < -0.4 is 5.32 Å². The van der Waals surface area contributed by atoms with Crippen molar-refractivity contribution in [3.8, 4) is 0 Å². The smallest absolute Gasteiger partial charge is 0.273 e. The van der Waals surface area contributed by atoms with Gasteiger partial charge >= 0.3 is 0 Å². The normalized spacial score (nSPS) is 10.4. The second-order valence-electron chi connectivity index (χ2n) is 5.47. The molecular formula is C18H22N4O. The third-order valence-electron chi connectivity index (χ3n) is 3.39. The number of benzene rings is 1. The summed E-state index contributed by atoms with van der Waals surface area (Å²) in [6.45, 7) is 8.79. The predicted octanol–water partition coefficient (Wildman–Crippen LogP) is 3.13. The van der Waals surface area contributed by atoms with Gasteiger partial charge in [0.05, 0.1) is 0 Å². The first-order chi connectivity index (χ1) is 11.1. The molecule has 0 unspecified atom stereocenters. The van der Waals surface area contributed by atoms with Crippen LogP contribution >= 0.6 is 0 Å². The average Bonchev–Trinajstić information content (AvgIpc) is 2.58. The van der Waals surface area contributed by atoms with Crippen LogP contribution in [0.3, 0.4) is 0 Å². The molecule has 0 bridgehead atoms. The lowest BCUT2D eigenvalue weighted by molar-refractivity contribution is 0.0684. The van der Waals surface area contributed by atoms with E-state index in [1.54, 1.807) is 17.0 Å². The molecule has 1 aromatic carbocycles. The minimum absolute atomic E-state index is 0.0715. The Kier molecular flexibility index (Phi) is 5.86. The molecular weight excluding hydrogens is 288 g/mol. The maximum atomic E-state index is 12.8. The van der Waals surface area contributed by atoms with E-state index in [9.17, 15) is 4.79 Å². The molecule has 0 fully saturated rings. The number of nitrogens with one attached hydrogen (secondary N) is 1. The van der Waals surface area contributed by atoms with Gasteiger partial charge in [-0.3, -0.25) is 4.79 Å². The Bertz CT molecular complexity index is 655. The van der Waals surface area contributed by atoms with Crippen molar-refractivity contribution in [2.45, 2.75) is 26.4 Å². The molecule has 0 radical (unpaired) electrons. The second kappa shape index (κ2) is 8.08. The number of nitrogens with zero attached hydrogens (tertiary/aromatic N) is 3. The van der Waals surface area contributed by atoms with E-state index < -0.39 is 0 Å². The van der Waals surface area contributed by atoms with E-state index in [0.717, 1.165) is 5.56 Å². The van der Waals surface area contributed by atoms with Gasteiger partial charge in [-0.05, 0) is 19.4 Å². The van der Waals surface area contributed by atoms with Crippen molar-refractivity contribution in [3.05, 3.63) is 66.6 Å². The van der Waals surface area contributed by atoms with Gasteiger partial charge in [0, 0.05) is 25.2 Å².